The maximum Gasteiger partial charge on any atom is 0.478 e. The summed E-state index contributed by atoms with van der Waals surface area (Å²) < 4.78 is 18.1. The van der Waals surface area contributed by atoms with E-state index in [-0.39, 0.29) is 49.7 Å². The highest BCUT2D eigenvalue weighted by Gasteiger charge is 2.61. The normalized spacial score (nSPS) is 25.1. The average Bonchev–Trinajstić information content (AvgIpc) is 3.67. The van der Waals surface area contributed by atoms with Gasteiger partial charge >= 0.3 is 7.12 Å². The van der Waals surface area contributed by atoms with Gasteiger partial charge in [-0.3, -0.25) is 24.0 Å². The van der Waals surface area contributed by atoms with Crippen LogP contribution in [0.1, 0.15) is 101 Å². The third-order valence-electron chi connectivity index (χ3n) is 12.2. The second-order valence-electron chi connectivity index (χ2n) is 16.8. The fraction of sp³-hybridized carbons (Fsp3) is 0.614. The topological polar surface area (TPSA) is 199 Å². The third-order valence-corrected chi connectivity index (χ3v) is 12.2. The number of carbonyl (C=O) groups is 5. The van der Waals surface area contributed by atoms with Gasteiger partial charge in [0.1, 0.15) is 12.1 Å². The molecule has 322 valence electrons. The summed E-state index contributed by atoms with van der Waals surface area (Å²) >= 11 is 0. The van der Waals surface area contributed by atoms with E-state index in [1.54, 1.807) is 12.1 Å². The molecule has 14 nitrogen and oxygen atoms in total. The van der Waals surface area contributed by atoms with Gasteiger partial charge in [0.15, 0.2) is 0 Å². The molecule has 3 saturated carbocycles. The minimum absolute atomic E-state index is 0.0420. The van der Waals surface area contributed by atoms with Crippen molar-refractivity contribution >= 4 is 36.7 Å². The number of rotatable bonds is 13. The predicted octanol–water partition coefficient (Wildman–Crippen LogP) is 3.45. The molecule has 7 N–H and O–H groups in total. The Morgan fingerprint density at radius 3 is 2.29 bits per heavy atom. The molecule has 59 heavy (non-hydrogen) atoms. The third kappa shape index (κ3) is 12.8. The van der Waals surface area contributed by atoms with Crippen molar-refractivity contribution in [1.82, 2.24) is 26.6 Å². The van der Waals surface area contributed by atoms with Gasteiger partial charge in [-0.25, -0.2) is 0 Å². The summed E-state index contributed by atoms with van der Waals surface area (Å²) in [5.74, 6) is -1.45. The van der Waals surface area contributed by atoms with E-state index in [9.17, 15) is 24.0 Å². The van der Waals surface area contributed by atoms with Crippen LogP contribution >= 0.6 is 0 Å². The first-order valence-electron chi connectivity index (χ1n) is 21.6. The van der Waals surface area contributed by atoms with E-state index >= 15 is 0 Å². The molecule has 0 spiro atoms. The Morgan fingerprint density at radius 1 is 0.915 bits per heavy atom. The van der Waals surface area contributed by atoms with Crippen molar-refractivity contribution in [2.24, 2.45) is 23.0 Å². The molecule has 0 radical (unpaired) electrons. The minimum Gasteiger partial charge on any atom is -0.405 e. The van der Waals surface area contributed by atoms with E-state index < -0.39 is 49.4 Å². The molecule has 0 aromatic heterocycles. The lowest BCUT2D eigenvalue weighted by Gasteiger charge is -2.60. The number of amides is 5. The lowest BCUT2D eigenvalue weighted by Crippen LogP contribution is -2.59. The second-order valence-corrected chi connectivity index (χ2v) is 16.8. The van der Waals surface area contributed by atoms with Gasteiger partial charge in [-0.1, -0.05) is 76.9 Å². The Labute approximate surface area is 349 Å². The number of hydrogen-bond acceptors (Lipinski definition) is 9. The maximum atomic E-state index is 13.2. The molecule has 5 aliphatic rings. The fourth-order valence-corrected chi connectivity index (χ4v) is 8.32. The zero-order valence-corrected chi connectivity index (χ0v) is 35.3. The van der Waals surface area contributed by atoms with Crippen molar-refractivity contribution < 1.29 is 38.0 Å². The van der Waals surface area contributed by atoms with Crippen LogP contribution in [0.25, 0.3) is 11.1 Å². The number of nitrogens with one attached hydrogen (secondary N) is 5. The fourth-order valence-electron chi connectivity index (χ4n) is 8.32. The zero-order valence-electron chi connectivity index (χ0n) is 35.3. The first kappa shape index (κ1) is 45.8. The highest BCUT2D eigenvalue weighted by atomic mass is 16.7. The largest absolute Gasteiger partial charge is 0.478 e. The standard InChI is InChI=1S/C40H54BN5O8.C4H11N/c1-4-5-8-25-10-12-26(13-11-25)27-14-16-28(17-15-27)37(49)42-21-35(48)46-32-23-52-18-7-6-9-31(45-34(47)22-43-39(32)51)38(50)44-24-41-53-33-20-29-19-30(36(33)54-41)40(29,2)3;1-2-3-4-5/h10-17,29-33,36H,4-9,18-24H2,1-3H3,(H,42,49)(H,43,51)(H,44,50)(H,45,47)(H,46,48);2-5H2,1H3. The smallest absolute Gasteiger partial charge is 0.405 e. The molecule has 6 atom stereocenters. The van der Waals surface area contributed by atoms with E-state index in [1.165, 1.54) is 18.4 Å². The molecule has 5 amide bonds. The number of carbonyl (C=O) groups excluding carboxylic acids is 5. The van der Waals surface area contributed by atoms with Crippen LogP contribution in [0.2, 0.25) is 0 Å². The van der Waals surface area contributed by atoms with Crippen LogP contribution in [0.3, 0.4) is 0 Å². The summed E-state index contributed by atoms with van der Waals surface area (Å²) in [6.07, 6.45) is 9.65. The molecular weight excluding hydrogens is 751 g/mol. The van der Waals surface area contributed by atoms with E-state index in [0.717, 1.165) is 49.8 Å². The second kappa shape index (κ2) is 22.3. The van der Waals surface area contributed by atoms with E-state index in [0.29, 0.717) is 36.7 Å². The zero-order chi connectivity index (χ0) is 42.4. The van der Waals surface area contributed by atoms with Crippen molar-refractivity contribution in [3.05, 3.63) is 59.7 Å². The maximum absolute atomic E-state index is 13.2. The van der Waals surface area contributed by atoms with Gasteiger partial charge in [0.2, 0.25) is 23.6 Å². The van der Waals surface area contributed by atoms with Gasteiger partial charge in [0.05, 0.1) is 38.3 Å². The summed E-state index contributed by atoms with van der Waals surface area (Å²) in [6, 6.07) is 13.6. The molecule has 2 saturated heterocycles. The number of aryl methyl sites for hydroxylation is 1. The van der Waals surface area contributed by atoms with Crippen molar-refractivity contribution in [2.45, 2.75) is 116 Å². The number of ether oxygens (including phenoxy) is 1. The van der Waals surface area contributed by atoms with Gasteiger partial charge in [-0.05, 0) is 104 Å². The molecule has 2 aromatic rings. The summed E-state index contributed by atoms with van der Waals surface area (Å²) in [5, 5.41) is 13.3. The van der Waals surface area contributed by atoms with Gasteiger partial charge in [0.25, 0.3) is 5.91 Å². The lowest BCUT2D eigenvalue weighted by molar-refractivity contribution is -0.150. The van der Waals surface area contributed by atoms with Crippen LogP contribution < -0.4 is 32.3 Å². The van der Waals surface area contributed by atoms with Crippen LogP contribution in [-0.4, -0.2) is 100 Å². The molecule has 5 fully saturated rings. The summed E-state index contributed by atoms with van der Waals surface area (Å²) in [7, 11) is -0.534. The minimum atomic E-state index is -1.10. The number of hydrogen-bond donors (Lipinski definition) is 6. The van der Waals surface area contributed by atoms with Crippen LogP contribution in [-0.2, 0) is 39.6 Å². The van der Waals surface area contributed by atoms with E-state index in [2.05, 4.69) is 78.5 Å². The number of benzene rings is 2. The van der Waals surface area contributed by atoms with Crippen LogP contribution in [0.15, 0.2) is 48.5 Å². The molecule has 2 bridgehead atoms. The first-order chi connectivity index (χ1) is 28.4. The molecular formula is C44H65BN6O8. The Hall–Kier alpha value is -4.31. The van der Waals surface area contributed by atoms with Gasteiger partial charge in [-0.15, -0.1) is 0 Å². The Balaban J connectivity index is 0.00000125. The van der Waals surface area contributed by atoms with Crippen LogP contribution in [0.4, 0.5) is 0 Å². The number of unbranched alkanes of at least 4 members (excludes halogenated alkanes) is 2. The molecule has 2 heterocycles. The highest BCUT2D eigenvalue weighted by Crippen LogP contribution is 2.61. The monoisotopic (exact) mass is 816 g/mol. The SMILES string of the molecule is CCCCN.CCCCc1ccc(-c2ccc(C(=O)NCC(=O)NC3COCCCCC(C(=O)NCB4OC5CC6CC(C5O4)C6(C)C)NC(=O)CNC3=O)cc2)cc1. The number of nitrogens with two attached hydrogens (primary N) is 1. The predicted molar refractivity (Wildman–Crippen MR) is 227 cm³/mol. The van der Waals surface area contributed by atoms with Crippen molar-refractivity contribution in [2.75, 3.05) is 39.3 Å². The van der Waals surface area contributed by atoms with Gasteiger partial charge in [-0.2, -0.15) is 0 Å². The van der Waals surface area contributed by atoms with Gasteiger partial charge < -0.3 is 46.4 Å². The lowest BCUT2D eigenvalue weighted by atomic mass is 9.47. The van der Waals surface area contributed by atoms with Crippen LogP contribution in [0, 0.1) is 17.3 Å². The van der Waals surface area contributed by atoms with E-state index in [1.807, 2.05) is 12.1 Å². The Bertz CT molecular complexity index is 1710. The van der Waals surface area contributed by atoms with Crippen molar-refractivity contribution in [3.8, 4) is 11.1 Å². The first-order valence-corrected chi connectivity index (χ1v) is 21.6. The summed E-state index contributed by atoms with van der Waals surface area (Å²) in [4.78, 5) is 64.7. The Kier molecular flexibility index (Phi) is 17.3. The van der Waals surface area contributed by atoms with Crippen LogP contribution in [0.5, 0.6) is 0 Å². The molecule has 2 aliphatic heterocycles. The highest BCUT2D eigenvalue weighted by molar-refractivity contribution is 6.45. The molecule has 3 aliphatic carbocycles. The molecule has 7 rings (SSSR count). The Morgan fingerprint density at radius 2 is 1.63 bits per heavy atom. The molecule has 2 aromatic carbocycles. The van der Waals surface area contributed by atoms with E-state index in [4.69, 9.17) is 19.8 Å². The summed E-state index contributed by atoms with van der Waals surface area (Å²) in [6.45, 7) is 9.12. The van der Waals surface area contributed by atoms with Crippen molar-refractivity contribution in [1.29, 1.82) is 0 Å². The van der Waals surface area contributed by atoms with Gasteiger partial charge in [0, 0.05) is 12.2 Å². The quantitative estimate of drug-likeness (QED) is 0.164. The van der Waals surface area contributed by atoms with Crippen molar-refractivity contribution in [3.63, 3.8) is 0 Å². The summed E-state index contributed by atoms with van der Waals surface area (Å²) in [5.41, 5.74) is 9.11. The average molecular weight is 817 g/mol. The molecule has 15 heteroatoms. The molecule has 6 unspecified atom stereocenters.